The van der Waals surface area contributed by atoms with Crippen molar-refractivity contribution < 1.29 is 14.2 Å². The number of methoxy groups -OCH3 is 1. The van der Waals surface area contributed by atoms with Crippen LogP contribution >= 0.6 is 0 Å². The predicted octanol–water partition coefficient (Wildman–Crippen LogP) is 1.38. The van der Waals surface area contributed by atoms with Crippen molar-refractivity contribution in [3.05, 3.63) is 23.9 Å². The molecule has 1 fully saturated rings. The molecule has 1 aliphatic rings. The number of nitrogens with zero attached hydrogens (tertiary/aromatic N) is 1. The Bertz CT molecular complexity index is 369. The van der Waals surface area contributed by atoms with Crippen LogP contribution in [0.25, 0.3) is 0 Å². The molecule has 0 atom stereocenters. The summed E-state index contributed by atoms with van der Waals surface area (Å²) in [5, 5.41) is 3.47. The lowest BCUT2D eigenvalue weighted by atomic mass is 10.2. The van der Waals surface area contributed by atoms with Crippen LogP contribution in [0.15, 0.2) is 18.3 Å². The van der Waals surface area contributed by atoms with E-state index in [0.29, 0.717) is 38.3 Å². The normalized spacial score (nSPS) is 14.6. The second-order valence-corrected chi connectivity index (χ2v) is 4.61. The van der Waals surface area contributed by atoms with Crippen molar-refractivity contribution in [1.29, 1.82) is 0 Å². The minimum Gasteiger partial charge on any atom is -0.475 e. The highest BCUT2D eigenvalue weighted by molar-refractivity contribution is 5.20. The van der Waals surface area contributed by atoms with E-state index >= 15 is 0 Å². The number of nitrogens with one attached hydrogen (secondary N) is 1. The summed E-state index contributed by atoms with van der Waals surface area (Å²) < 4.78 is 15.8. The second kappa shape index (κ2) is 8.09. The van der Waals surface area contributed by atoms with Crippen LogP contribution in [0.5, 0.6) is 5.88 Å². The number of pyridine rings is 1. The first-order valence-corrected chi connectivity index (χ1v) is 6.76. The number of ether oxygens (including phenoxy) is 3. The summed E-state index contributed by atoms with van der Waals surface area (Å²) in [6.07, 6.45) is 4.38. The highest BCUT2D eigenvalue weighted by Crippen LogP contribution is 2.19. The highest BCUT2D eigenvalue weighted by atomic mass is 16.5. The van der Waals surface area contributed by atoms with Gasteiger partial charge < -0.3 is 19.5 Å². The molecule has 1 saturated carbocycles. The van der Waals surface area contributed by atoms with Crippen LogP contribution in [0.3, 0.4) is 0 Å². The molecule has 0 amide bonds. The summed E-state index contributed by atoms with van der Waals surface area (Å²) in [6, 6.07) is 4.70. The third-order valence-electron chi connectivity index (χ3n) is 2.88. The minimum absolute atomic E-state index is 0.510. The Kier molecular flexibility index (Phi) is 6.07. The van der Waals surface area contributed by atoms with Gasteiger partial charge in [0.05, 0.1) is 19.8 Å². The first-order chi connectivity index (χ1) is 9.38. The van der Waals surface area contributed by atoms with Crippen molar-refractivity contribution in [2.24, 2.45) is 0 Å². The number of hydrogen-bond acceptors (Lipinski definition) is 5. The van der Waals surface area contributed by atoms with E-state index in [1.54, 1.807) is 13.3 Å². The molecule has 1 aromatic heterocycles. The molecule has 19 heavy (non-hydrogen) atoms. The van der Waals surface area contributed by atoms with Gasteiger partial charge >= 0.3 is 0 Å². The molecule has 0 aliphatic heterocycles. The standard InChI is InChI=1S/C14H22N2O3/c1-17-6-7-18-8-9-19-14-10-12(4-5-15-14)11-16-13-2-3-13/h4-5,10,13,16H,2-3,6-9,11H2,1H3. The lowest BCUT2D eigenvalue weighted by Gasteiger charge is -2.08. The van der Waals surface area contributed by atoms with Gasteiger partial charge in [0.1, 0.15) is 6.61 Å². The average Bonchev–Trinajstić information content (AvgIpc) is 3.25. The Morgan fingerprint density at radius 1 is 1.26 bits per heavy atom. The maximum Gasteiger partial charge on any atom is 0.213 e. The Morgan fingerprint density at radius 2 is 2.11 bits per heavy atom. The van der Waals surface area contributed by atoms with Gasteiger partial charge in [-0.15, -0.1) is 0 Å². The smallest absolute Gasteiger partial charge is 0.213 e. The molecule has 0 spiro atoms. The molecule has 0 radical (unpaired) electrons. The molecule has 0 bridgehead atoms. The second-order valence-electron chi connectivity index (χ2n) is 4.61. The zero-order valence-electron chi connectivity index (χ0n) is 11.4. The summed E-state index contributed by atoms with van der Waals surface area (Å²) in [4.78, 5) is 4.19. The van der Waals surface area contributed by atoms with E-state index in [9.17, 15) is 0 Å². The van der Waals surface area contributed by atoms with Gasteiger partial charge in [0.15, 0.2) is 0 Å². The van der Waals surface area contributed by atoms with Gasteiger partial charge in [-0.2, -0.15) is 0 Å². The van der Waals surface area contributed by atoms with E-state index in [0.717, 1.165) is 6.54 Å². The molecular weight excluding hydrogens is 244 g/mol. The van der Waals surface area contributed by atoms with Crippen LogP contribution in [-0.4, -0.2) is 44.6 Å². The zero-order chi connectivity index (χ0) is 13.3. The topological polar surface area (TPSA) is 52.6 Å². The lowest BCUT2D eigenvalue weighted by molar-refractivity contribution is 0.0536. The molecule has 106 valence electrons. The summed E-state index contributed by atoms with van der Waals surface area (Å²) in [5.74, 6) is 0.658. The molecule has 0 aromatic carbocycles. The quantitative estimate of drug-likeness (QED) is 0.648. The summed E-state index contributed by atoms with van der Waals surface area (Å²) >= 11 is 0. The molecular formula is C14H22N2O3. The maximum absolute atomic E-state index is 5.54. The van der Waals surface area contributed by atoms with Crippen LogP contribution in [0.1, 0.15) is 18.4 Å². The van der Waals surface area contributed by atoms with E-state index in [2.05, 4.69) is 10.3 Å². The Balaban J connectivity index is 1.63. The lowest BCUT2D eigenvalue weighted by Crippen LogP contribution is -2.15. The predicted molar refractivity (Wildman–Crippen MR) is 72.3 cm³/mol. The number of hydrogen-bond donors (Lipinski definition) is 1. The molecule has 0 unspecified atom stereocenters. The Hall–Kier alpha value is -1.17. The van der Waals surface area contributed by atoms with E-state index in [-0.39, 0.29) is 0 Å². The van der Waals surface area contributed by atoms with Gasteiger partial charge in [-0.1, -0.05) is 0 Å². The zero-order valence-corrected chi connectivity index (χ0v) is 11.4. The molecule has 1 aromatic rings. The summed E-state index contributed by atoms with van der Waals surface area (Å²) in [7, 11) is 1.66. The van der Waals surface area contributed by atoms with Crippen LogP contribution in [0.2, 0.25) is 0 Å². The van der Waals surface area contributed by atoms with Gasteiger partial charge in [0.25, 0.3) is 0 Å². The van der Waals surface area contributed by atoms with E-state index in [1.807, 2.05) is 12.1 Å². The Morgan fingerprint density at radius 3 is 2.89 bits per heavy atom. The average molecular weight is 266 g/mol. The molecule has 2 rings (SSSR count). The van der Waals surface area contributed by atoms with Crippen LogP contribution in [0, 0.1) is 0 Å². The molecule has 5 heteroatoms. The van der Waals surface area contributed by atoms with Crippen molar-refractivity contribution in [3.8, 4) is 5.88 Å². The van der Waals surface area contributed by atoms with Gasteiger partial charge in [0.2, 0.25) is 5.88 Å². The van der Waals surface area contributed by atoms with Gasteiger partial charge in [-0.05, 0) is 24.5 Å². The van der Waals surface area contributed by atoms with Gasteiger partial charge in [-0.3, -0.25) is 0 Å². The van der Waals surface area contributed by atoms with Crippen molar-refractivity contribution in [2.45, 2.75) is 25.4 Å². The van der Waals surface area contributed by atoms with Crippen LogP contribution in [-0.2, 0) is 16.0 Å². The maximum atomic E-state index is 5.54. The van der Waals surface area contributed by atoms with Crippen molar-refractivity contribution in [2.75, 3.05) is 33.5 Å². The van der Waals surface area contributed by atoms with Gasteiger partial charge in [-0.25, -0.2) is 4.98 Å². The minimum atomic E-state index is 0.510. The molecule has 1 N–H and O–H groups in total. The first-order valence-electron chi connectivity index (χ1n) is 6.76. The van der Waals surface area contributed by atoms with Crippen molar-refractivity contribution >= 4 is 0 Å². The van der Waals surface area contributed by atoms with E-state index in [1.165, 1.54) is 18.4 Å². The highest BCUT2D eigenvalue weighted by Gasteiger charge is 2.19. The third kappa shape index (κ3) is 6.00. The SMILES string of the molecule is COCCOCCOc1cc(CNC2CC2)ccn1. The van der Waals surface area contributed by atoms with Crippen LogP contribution < -0.4 is 10.1 Å². The first kappa shape index (κ1) is 14.2. The molecule has 0 saturated heterocycles. The largest absolute Gasteiger partial charge is 0.475 e. The molecule has 5 nitrogen and oxygen atoms in total. The number of aromatic nitrogens is 1. The number of rotatable bonds is 10. The summed E-state index contributed by atoms with van der Waals surface area (Å²) in [6.45, 7) is 3.15. The summed E-state index contributed by atoms with van der Waals surface area (Å²) in [5.41, 5.74) is 1.21. The van der Waals surface area contributed by atoms with Crippen molar-refractivity contribution in [1.82, 2.24) is 10.3 Å². The molecule has 1 aliphatic carbocycles. The fourth-order valence-electron chi connectivity index (χ4n) is 1.64. The van der Waals surface area contributed by atoms with Crippen LogP contribution in [0.4, 0.5) is 0 Å². The van der Waals surface area contributed by atoms with E-state index in [4.69, 9.17) is 14.2 Å². The third-order valence-corrected chi connectivity index (χ3v) is 2.88. The fraction of sp³-hybridized carbons (Fsp3) is 0.643. The Labute approximate surface area is 114 Å². The van der Waals surface area contributed by atoms with E-state index < -0.39 is 0 Å². The fourth-order valence-corrected chi connectivity index (χ4v) is 1.64. The monoisotopic (exact) mass is 266 g/mol. The van der Waals surface area contributed by atoms with Gasteiger partial charge in [0, 0.05) is 32.0 Å². The van der Waals surface area contributed by atoms with Crippen molar-refractivity contribution in [3.63, 3.8) is 0 Å². The molecule has 1 heterocycles.